The quantitative estimate of drug-likeness (QED) is 0.821. The molecule has 6 nitrogen and oxygen atoms in total. The van der Waals surface area contributed by atoms with Gasteiger partial charge in [-0.1, -0.05) is 12.1 Å². The fourth-order valence-corrected chi connectivity index (χ4v) is 4.45. The van der Waals surface area contributed by atoms with Crippen LogP contribution in [-0.4, -0.2) is 41.2 Å². The van der Waals surface area contributed by atoms with Crippen molar-refractivity contribution in [3.8, 4) is 5.75 Å². The molecule has 2 aliphatic rings. The number of carbonyl (C=O) groups is 3. The second kappa shape index (κ2) is 7.59. The number of piperidine rings is 1. The Hall–Kier alpha value is -3.15. The molecule has 0 aromatic heterocycles. The summed E-state index contributed by atoms with van der Waals surface area (Å²) in [6.07, 6.45) is 1.58. The van der Waals surface area contributed by atoms with E-state index in [0.717, 1.165) is 11.1 Å². The maximum atomic E-state index is 13.0. The Morgan fingerprint density at radius 2 is 1.83 bits per heavy atom. The van der Waals surface area contributed by atoms with Gasteiger partial charge < -0.3 is 15.0 Å². The van der Waals surface area contributed by atoms with Crippen LogP contribution >= 0.6 is 0 Å². The zero-order valence-corrected chi connectivity index (χ0v) is 17.6. The maximum absolute atomic E-state index is 13.0. The summed E-state index contributed by atoms with van der Waals surface area (Å²) in [5.74, 6) is 0.557. The van der Waals surface area contributed by atoms with Crippen LogP contribution < -0.4 is 10.1 Å². The average Bonchev–Trinajstić information content (AvgIpc) is 2.69. The third kappa shape index (κ3) is 3.82. The Balaban J connectivity index is 1.48. The van der Waals surface area contributed by atoms with Crippen molar-refractivity contribution in [2.24, 2.45) is 0 Å². The van der Waals surface area contributed by atoms with Gasteiger partial charge in [0.1, 0.15) is 11.4 Å². The highest BCUT2D eigenvalue weighted by atomic mass is 16.5. The summed E-state index contributed by atoms with van der Waals surface area (Å²) in [6.45, 7) is 6.44. The van der Waals surface area contributed by atoms with E-state index < -0.39 is 5.60 Å². The van der Waals surface area contributed by atoms with E-state index in [1.807, 2.05) is 26.0 Å². The van der Waals surface area contributed by atoms with Gasteiger partial charge in [0.15, 0.2) is 5.78 Å². The number of nitrogens with zero attached hydrogens (tertiary/aromatic N) is 1. The van der Waals surface area contributed by atoms with Gasteiger partial charge in [-0.2, -0.15) is 0 Å². The molecule has 1 N–H and O–H groups in total. The van der Waals surface area contributed by atoms with Crippen molar-refractivity contribution in [2.45, 2.75) is 45.6 Å². The lowest BCUT2D eigenvalue weighted by atomic mass is 9.81. The molecule has 0 aliphatic carbocycles. The minimum absolute atomic E-state index is 0.0774. The average molecular weight is 406 g/mol. The van der Waals surface area contributed by atoms with Crippen molar-refractivity contribution < 1.29 is 19.1 Å². The predicted octanol–water partition coefficient (Wildman–Crippen LogP) is 3.90. The van der Waals surface area contributed by atoms with Crippen LogP contribution in [0.25, 0.3) is 0 Å². The van der Waals surface area contributed by atoms with Gasteiger partial charge in [0.05, 0.1) is 12.0 Å². The fourth-order valence-electron chi connectivity index (χ4n) is 4.45. The van der Waals surface area contributed by atoms with E-state index in [4.69, 9.17) is 4.74 Å². The van der Waals surface area contributed by atoms with Crippen molar-refractivity contribution >= 4 is 23.3 Å². The molecule has 1 spiro atoms. The van der Waals surface area contributed by atoms with Crippen LogP contribution in [0.5, 0.6) is 5.75 Å². The number of nitrogens with one attached hydrogen (secondary N) is 1. The summed E-state index contributed by atoms with van der Waals surface area (Å²) < 4.78 is 6.41. The first kappa shape index (κ1) is 20.1. The van der Waals surface area contributed by atoms with Crippen LogP contribution in [0.2, 0.25) is 0 Å². The van der Waals surface area contributed by atoms with Crippen LogP contribution in [0.1, 0.15) is 58.0 Å². The summed E-state index contributed by atoms with van der Waals surface area (Å²) in [7, 11) is 0. The third-order valence-electron chi connectivity index (χ3n) is 5.91. The number of rotatable bonds is 2. The summed E-state index contributed by atoms with van der Waals surface area (Å²) in [4.78, 5) is 38.9. The molecule has 30 heavy (non-hydrogen) atoms. The molecule has 2 aromatic rings. The minimum atomic E-state index is -0.543. The molecule has 0 atom stereocenters. The van der Waals surface area contributed by atoms with Crippen LogP contribution in [0.15, 0.2) is 36.4 Å². The zero-order valence-electron chi connectivity index (χ0n) is 17.6. The van der Waals surface area contributed by atoms with E-state index in [-0.39, 0.29) is 17.6 Å². The molecule has 0 radical (unpaired) electrons. The van der Waals surface area contributed by atoms with Crippen LogP contribution in [0.4, 0.5) is 5.69 Å². The standard InChI is InChI=1S/C24H26N2O4/c1-15-11-16(2)22-20(12-15)21(28)14-24(30-22)7-9-26(10-8-24)23(29)18-5-4-6-19(13-18)25-17(3)27/h4-6,11-13H,7-10,14H2,1-3H3,(H,25,27). The first-order valence-corrected chi connectivity index (χ1v) is 10.3. The molecule has 0 saturated carbocycles. The van der Waals surface area contributed by atoms with E-state index in [1.165, 1.54) is 6.92 Å². The highest BCUT2D eigenvalue weighted by Crippen LogP contribution is 2.41. The summed E-state index contributed by atoms with van der Waals surface area (Å²) in [6, 6.07) is 10.9. The molecular formula is C24H26N2O4. The number of benzene rings is 2. The Bertz CT molecular complexity index is 1040. The smallest absolute Gasteiger partial charge is 0.253 e. The Morgan fingerprint density at radius 3 is 2.53 bits per heavy atom. The third-order valence-corrected chi connectivity index (χ3v) is 5.91. The van der Waals surface area contributed by atoms with Gasteiger partial charge in [0.25, 0.3) is 5.91 Å². The van der Waals surface area contributed by atoms with Crippen LogP contribution in [0.3, 0.4) is 0 Å². The lowest BCUT2D eigenvalue weighted by Gasteiger charge is -2.44. The van der Waals surface area contributed by atoms with Crippen LogP contribution in [0, 0.1) is 13.8 Å². The maximum Gasteiger partial charge on any atom is 0.253 e. The van der Waals surface area contributed by atoms with E-state index in [0.29, 0.717) is 54.9 Å². The van der Waals surface area contributed by atoms with Gasteiger partial charge in [-0.05, 0) is 49.2 Å². The SMILES string of the molecule is CC(=O)Nc1cccc(C(=O)N2CCC3(CC2)CC(=O)c2cc(C)cc(C)c2O3)c1. The first-order valence-electron chi connectivity index (χ1n) is 10.3. The molecule has 0 bridgehead atoms. The number of aryl methyl sites for hydroxylation is 2. The largest absolute Gasteiger partial charge is 0.486 e. The monoisotopic (exact) mass is 406 g/mol. The van der Waals surface area contributed by atoms with Crippen molar-refractivity contribution in [1.29, 1.82) is 0 Å². The van der Waals surface area contributed by atoms with E-state index in [2.05, 4.69) is 5.32 Å². The molecule has 6 heteroatoms. The van der Waals surface area contributed by atoms with Gasteiger partial charge >= 0.3 is 0 Å². The zero-order chi connectivity index (χ0) is 21.5. The van der Waals surface area contributed by atoms with Crippen LogP contribution in [-0.2, 0) is 4.79 Å². The summed E-state index contributed by atoms with van der Waals surface area (Å²) in [5, 5.41) is 2.71. The van der Waals surface area contributed by atoms with Gasteiger partial charge in [0, 0.05) is 44.1 Å². The first-order chi connectivity index (χ1) is 14.3. The molecule has 2 heterocycles. The lowest BCUT2D eigenvalue weighted by molar-refractivity contribution is -0.114. The second-order valence-corrected chi connectivity index (χ2v) is 8.40. The fraction of sp³-hybridized carbons (Fsp3) is 0.375. The molecule has 0 unspecified atom stereocenters. The van der Waals surface area contributed by atoms with Crippen molar-refractivity contribution in [2.75, 3.05) is 18.4 Å². The topological polar surface area (TPSA) is 75.7 Å². The molecule has 1 fully saturated rings. The Labute approximate surface area is 176 Å². The molecule has 2 amide bonds. The number of anilines is 1. The van der Waals surface area contributed by atoms with Gasteiger partial charge in [-0.15, -0.1) is 0 Å². The van der Waals surface area contributed by atoms with E-state index >= 15 is 0 Å². The Morgan fingerprint density at radius 1 is 1.10 bits per heavy atom. The summed E-state index contributed by atoms with van der Waals surface area (Å²) >= 11 is 0. The number of amides is 2. The highest BCUT2D eigenvalue weighted by Gasteiger charge is 2.44. The predicted molar refractivity (Wildman–Crippen MR) is 114 cm³/mol. The molecule has 4 rings (SSSR count). The normalized spacial score (nSPS) is 17.3. The molecule has 2 aromatic carbocycles. The number of carbonyl (C=O) groups excluding carboxylic acids is 3. The molecule has 2 aliphatic heterocycles. The van der Waals surface area contributed by atoms with Crippen molar-refractivity contribution in [3.63, 3.8) is 0 Å². The van der Waals surface area contributed by atoms with E-state index in [9.17, 15) is 14.4 Å². The van der Waals surface area contributed by atoms with Gasteiger partial charge in [-0.3, -0.25) is 14.4 Å². The van der Waals surface area contributed by atoms with Crippen molar-refractivity contribution in [3.05, 3.63) is 58.7 Å². The number of ether oxygens (including phenoxy) is 1. The number of hydrogen-bond donors (Lipinski definition) is 1. The number of likely N-dealkylation sites (tertiary alicyclic amines) is 1. The molecule has 156 valence electrons. The molecular weight excluding hydrogens is 380 g/mol. The van der Waals surface area contributed by atoms with Gasteiger partial charge in [-0.25, -0.2) is 0 Å². The van der Waals surface area contributed by atoms with Crippen molar-refractivity contribution in [1.82, 2.24) is 4.90 Å². The number of Topliss-reactive ketones (excluding diaryl/α,β-unsaturated/α-hetero) is 1. The number of ketones is 1. The highest BCUT2D eigenvalue weighted by molar-refractivity contribution is 6.01. The second-order valence-electron chi connectivity index (χ2n) is 8.40. The van der Waals surface area contributed by atoms with Gasteiger partial charge in [0.2, 0.25) is 5.91 Å². The summed E-state index contributed by atoms with van der Waals surface area (Å²) in [5.41, 5.74) is 3.30. The van der Waals surface area contributed by atoms with E-state index in [1.54, 1.807) is 29.2 Å². The number of fused-ring (bicyclic) bond motifs is 1. The Kier molecular flexibility index (Phi) is 5.10. The lowest BCUT2D eigenvalue weighted by Crippen LogP contribution is -2.52. The molecule has 1 saturated heterocycles. The number of hydrogen-bond acceptors (Lipinski definition) is 4. The minimum Gasteiger partial charge on any atom is -0.486 e.